The molecular weight excluding hydrogens is 632 g/mol. The van der Waals surface area contributed by atoms with Crippen LogP contribution in [0.5, 0.6) is 5.88 Å². The van der Waals surface area contributed by atoms with Crippen LogP contribution in [0, 0.1) is 12.7 Å². The van der Waals surface area contributed by atoms with Crippen molar-refractivity contribution in [2.24, 2.45) is 4.99 Å². The number of carbonyl (C=O) groups excluding carboxylic acids is 1. The maximum atomic E-state index is 14.9. The maximum Gasteiger partial charge on any atom is 0.410 e. The number of anilines is 1. The van der Waals surface area contributed by atoms with Gasteiger partial charge in [-0.1, -0.05) is 6.07 Å². The van der Waals surface area contributed by atoms with Crippen LogP contribution in [0.2, 0.25) is 0 Å². The van der Waals surface area contributed by atoms with E-state index in [-0.39, 0.29) is 29.5 Å². The van der Waals surface area contributed by atoms with Crippen molar-refractivity contribution in [3.8, 4) is 5.88 Å². The molecule has 254 valence electrons. The van der Waals surface area contributed by atoms with Crippen molar-refractivity contribution in [3.05, 3.63) is 35.4 Å². The van der Waals surface area contributed by atoms with Gasteiger partial charge in [0.05, 0.1) is 35.2 Å². The summed E-state index contributed by atoms with van der Waals surface area (Å²) in [4.78, 5) is 38.9. The summed E-state index contributed by atoms with van der Waals surface area (Å²) in [6.07, 6.45) is 7.99. The Morgan fingerprint density at radius 1 is 1.15 bits per heavy atom. The number of aryl methyl sites for hydroxylation is 1. The largest absolute Gasteiger partial charge is 0.474 e. The Hall–Kier alpha value is -3.84. The first-order valence-electron chi connectivity index (χ1n) is 17.1. The molecule has 2 bridgehead atoms. The second-order valence-electron chi connectivity index (χ2n) is 14.9. The summed E-state index contributed by atoms with van der Waals surface area (Å²) in [7, 11) is 0. The molecule has 4 aliphatic heterocycles. The minimum atomic E-state index is -0.554. The highest BCUT2D eigenvalue weighted by molar-refractivity contribution is 7.22. The fourth-order valence-corrected chi connectivity index (χ4v) is 9.53. The predicted octanol–water partition coefficient (Wildman–Crippen LogP) is 6.46. The van der Waals surface area contributed by atoms with Gasteiger partial charge in [-0.25, -0.2) is 14.2 Å². The first-order valence-corrected chi connectivity index (χ1v) is 17.9. The van der Waals surface area contributed by atoms with Gasteiger partial charge in [0.1, 0.15) is 23.0 Å². The Bertz CT molecular complexity index is 1890. The maximum absolute atomic E-state index is 14.9. The lowest BCUT2D eigenvalue weighted by molar-refractivity contribution is 0.0208. The van der Waals surface area contributed by atoms with Crippen molar-refractivity contribution in [2.75, 3.05) is 37.7 Å². The van der Waals surface area contributed by atoms with Gasteiger partial charge in [0, 0.05) is 18.5 Å². The minimum Gasteiger partial charge on any atom is -0.474 e. The first kappa shape index (κ1) is 31.4. The monoisotopic (exact) mass is 674 g/mol. The number of halogens is 1. The van der Waals surface area contributed by atoms with E-state index < -0.39 is 5.60 Å². The van der Waals surface area contributed by atoms with Crippen LogP contribution in [0.4, 0.5) is 20.1 Å². The van der Waals surface area contributed by atoms with Crippen LogP contribution in [-0.4, -0.2) is 98.1 Å². The number of piperazine rings is 1. The Morgan fingerprint density at radius 3 is 2.56 bits per heavy atom. The molecule has 1 aromatic carbocycles. The zero-order chi connectivity index (χ0) is 33.4. The van der Waals surface area contributed by atoms with Gasteiger partial charge in [0.15, 0.2) is 11.2 Å². The standard InChI is InChI=1S/C35H43FN8O3S/c1-21-26-22(8-11-25(36)28(26)48-31(21)37-5)16-42-20-38-27-29(42)39-32(40-30(27)46-19-35-12-6-14-43(35)15-7-13-35)44-23-9-10-24(44)18-41(17-23)33(45)47-34(2,3)4/h8,11,20,23-24H,5-7,9-10,12-19H2,1-4H3. The highest BCUT2D eigenvalue weighted by atomic mass is 32.1. The molecule has 7 heterocycles. The Labute approximate surface area is 283 Å². The summed E-state index contributed by atoms with van der Waals surface area (Å²) < 4.78 is 29.9. The van der Waals surface area contributed by atoms with Gasteiger partial charge in [-0.2, -0.15) is 9.97 Å². The lowest BCUT2D eigenvalue weighted by Gasteiger charge is -2.41. The van der Waals surface area contributed by atoms with E-state index in [2.05, 4.69) is 21.5 Å². The zero-order valence-corrected chi connectivity index (χ0v) is 29.0. The number of imidazole rings is 1. The Kier molecular flexibility index (Phi) is 7.63. The van der Waals surface area contributed by atoms with E-state index in [1.165, 1.54) is 30.2 Å². The predicted molar refractivity (Wildman–Crippen MR) is 186 cm³/mol. The van der Waals surface area contributed by atoms with Gasteiger partial charge < -0.3 is 23.8 Å². The van der Waals surface area contributed by atoms with Crippen LogP contribution in [0.15, 0.2) is 23.5 Å². The van der Waals surface area contributed by atoms with Gasteiger partial charge >= 0.3 is 6.09 Å². The molecule has 0 saturated carbocycles. The summed E-state index contributed by atoms with van der Waals surface area (Å²) in [5.74, 6) is 0.822. The molecular formula is C35H43FN8O3S. The number of fused-ring (bicyclic) bond motifs is 5. The highest BCUT2D eigenvalue weighted by Gasteiger charge is 2.46. The third-order valence-corrected chi connectivity index (χ3v) is 11.9. The van der Waals surface area contributed by atoms with E-state index in [0.717, 1.165) is 60.3 Å². The SMILES string of the molecule is C=Nc1sc2c(F)ccc(Cn3cnc4c(OCC56CCCN5CCC6)nc(N5C6CCC5CN(C(=O)OC(C)(C)C)C6)nc43)c2c1C. The highest BCUT2D eigenvalue weighted by Crippen LogP contribution is 2.42. The van der Waals surface area contributed by atoms with Crippen LogP contribution >= 0.6 is 11.3 Å². The third-order valence-electron chi connectivity index (χ3n) is 10.6. The molecule has 4 aliphatic rings. The van der Waals surface area contributed by atoms with Crippen LogP contribution < -0.4 is 9.64 Å². The van der Waals surface area contributed by atoms with Gasteiger partial charge in [-0.15, -0.1) is 11.3 Å². The number of benzene rings is 1. The summed E-state index contributed by atoms with van der Waals surface area (Å²) in [6.45, 7) is 15.7. The number of thiophene rings is 1. The summed E-state index contributed by atoms with van der Waals surface area (Å²) in [5, 5.41) is 1.58. The number of carbonyl (C=O) groups is 1. The summed E-state index contributed by atoms with van der Waals surface area (Å²) in [6, 6.07) is 3.47. The molecule has 11 nitrogen and oxygen atoms in total. The number of nitrogens with zero attached hydrogens (tertiary/aromatic N) is 8. The molecule has 13 heteroatoms. The molecule has 1 amide bonds. The molecule has 0 aliphatic carbocycles. The average Bonchev–Trinajstić information content (AvgIpc) is 3.85. The smallest absolute Gasteiger partial charge is 0.410 e. The van der Waals surface area contributed by atoms with Gasteiger partial charge in [0.25, 0.3) is 0 Å². The van der Waals surface area contributed by atoms with E-state index in [0.29, 0.717) is 53.9 Å². The van der Waals surface area contributed by atoms with Crippen molar-refractivity contribution < 1.29 is 18.7 Å². The zero-order valence-electron chi connectivity index (χ0n) is 28.2. The van der Waals surface area contributed by atoms with Crippen LogP contribution in [0.25, 0.3) is 21.3 Å². The quantitative estimate of drug-likeness (QED) is 0.206. The molecule has 4 fully saturated rings. The van der Waals surface area contributed by atoms with E-state index in [1.807, 2.05) is 43.2 Å². The Balaban J connectivity index is 1.17. The van der Waals surface area contributed by atoms with E-state index in [4.69, 9.17) is 24.4 Å². The molecule has 0 N–H and O–H groups in total. The molecule has 0 radical (unpaired) electrons. The number of aromatic nitrogens is 4. The number of amides is 1. The normalized spacial score (nSPS) is 22.2. The van der Waals surface area contributed by atoms with Crippen molar-refractivity contribution in [3.63, 3.8) is 0 Å². The number of hydrogen-bond acceptors (Lipinski definition) is 10. The minimum absolute atomic E-state index is 0.0468. The van der Waals surface area contributed by atoms with Crippen molar-refractivity contribution >= 4 is 56.3 Å². The average molecular weight is 675 g/mol. The first-order chi connectivity index (χ1) is 23.0. The van der Waals surface area contributed by atoms with Gasteiger partial charge in [-0.05, 0) is 103 Å². The molecule has 4 saturated heterocycles. The topological polar surface area (TPSA) is 101 Å². The van der Waals surface area contributed by atoms with E-state index in [1.54, 1.807) is 6.33 Å². The molecule has 3 aromatic heterocycles. The molecule has 8 rings (SSSR count). The molecule has 0 spiro atoms. The lowest BCUT2D eigenvalue weighted by atomic mass is 9.95. The van der Waals surface area contributed by atoms with Gasteiger partial charge in [0.2, 0.25) is 11.8 Å². The second kappa shape index (κ2) is 11.6. The number of aliphatic imine (C=N–C) groups is 1. The van der Waals surface area contributed by atoms with Crippen LogP contribution in [0.1, 0.15) is 70.4 Å². The van der Waals surface area contributed by atoms with Crippen LogP contribution in [-0.2, 0) is 11.3 Å². The number of hydrogen-bond donors (Lipinski definition) is 0. The molecule has 2 atom stereocenters. The summed E-state index contributed by atoms with van der Waals surface area (Å²) in [5.41, 5.74) is 2.65. The van der Waals surface area contributed by atoms with Crippen molar-refractivity contribution in [1.82, 2.24) is 29.3 Å². The number of ether oxygens (including phenoxy) is 2. The third kappa shape index (κ3) is 5.29. The van der Waals surface area contributed by atoms with Crippen LogP contribution in [0.3, 0.4) is 0 Å². The molecule has 48 heavy (non-hydrogen) atoms. The summed E-state index contributed by atoms with van der Waals surface area (Å²) >= 11 is 1.32. The molecule has 2 unspecified atom stereocenters. The second-order valence-corrected chi connectivity index (χ2v) is 15.9. The number of rotatable bonds is 7. The fourth-order valence-electron chi connectivity index (χ4n) is 8.46. The Morgan fingerprint density at radius 2 is 1.88 bits per heavy atom. The van der Waals surface area contributed by atoms with E-state index in [9.17, 15) is 9.18 Å². The number of likely N-dealkylation sites (tertiary alicyclic amines) is 1. The fraction of sp³-hybridized carbons (Fsp3) is 0.571. The lowest BCUT2D eigenvalue weighted by Crippen LogP contribution is -2.56. The van der Waals surface area contributed by atoms with Crippen molar-refractivity contribution in [1.29, 1.82) is 0 Å². The van der Waals surface area contributed by atoms with Crippen molar-refractivity contribution in [2.45, 2.75) is 96.0 Å². The van der Waals surface area contributed by atoms with E-state index >= 15 is 0 Å². The molecule has 4 aromatic rings. The van der Waals surface area contributed by atoms with Gasteiger partial charge in [-0.3, -0.25) is 9.89 Å².